The summed E-state index contributed by atoms with van der Waals surface area (Å²) in [5.74, 6) is -0.0224. The molecule has 0 saturated carbocycles. The number of rotatable bonds is 7. The number of anilines is 2. The van der Waals surface area contributed by atoms with E-state index in [1.165, 1.54) is 13.2 Å². The van der Waals surface area contributed by atoms with Crippen molar-refractivity contribution in [2.24, 2.45) is 5.73 Å². The number of imidazole rings is 1. The largest absolute Gasteiger partial charge is 0.367 e. The molecule has 8 nitrogen and oxygen atoms in total. The summed E-state index contributed by atoms with van der Waals surface area (Å²) >= 11 is 3.25. The Hall–Kier alpha value is -1.72. The van der Waals surface area contributed by atoms with Gasteiger partial charge in [0.2, 0.25) is 0 Å². The van der Waals surface area contributed by atoms with Crippen molar-refractivity contribution in [2.75, 3.05) is 30.4 Å². The van der Waals surface area contributed by atoms with Crippen LogP contribution in [0, 0.1) is 5.82 Å². The third-order valence-electron chi connectivity index (χ3n) is 4.49. The van der Waals surface area contributed by atoms with Crippen molar-refractivity contribution in [1.29, 1.82) is 0 Å². The number of H-pyrrole nitrogens is 1. The van der Waals surface area contributed by atoms with Gasteiger partial charge < -0.3 is 25.0 Å². The first-order valence-electron chi connectivity index (χ1n) is 8.71. The Morgan fingerprint density at radius 2 is 2.33 bits per heavy atom. The number of methoxy groups -OCH3 is 1. The first-order valence-corrected chi connectivity index (χ1v) is 9.50. The molecule has 2 unspecified atom stereocenters. The van der Waals surface area contributed by atoms with E-state index in [2.05, 4.69) is 36.5 Å². The van der Waals surface area contributed by atoms with Crippen molar-refractivity contribution in [3.63, 3.8) is 0 Å². The van der Waals surface area contributed by atoms with Crippen LogP contribution in [0.15, 0.2) is 29.0 Å². The number of hydrogen-bond donors (Lipinski definition) is 5. The molecular weight excluding hydrogens is 419 g/mol. The Labute approximate surface area is 165 Å². The summed E-state index contributed by atoms with van der Waals surface area (Å²) in [4.78, 5) is 8.91. The number of aromatic amines is 1. The zero-order chi connectivity index (χ0) is 19.4. The van der Waals surface area contributed by atoms with Crippen molar-refractivity contribution >= 4 is 27.3 Å². The number of piperidine rings is 1. The van der Waals surface area contributed by atoms with Crippen LogP contribution >= 0.6 is 15.9 Å². The predicted octanol–water partition coefficient (Wildman–Crippen LogP) is 1.86. The molecular formula is C17H24BrFN6O2. The molecule has 3 atom stereocenters. The highest BCUT2D eigenvalue weighted by atomic mass is 79.9. The Balaban J connectivity index is 1.78. The monoisotopic (exact) mass is 442 g/mol. The molecule has 3 rings (SSSR count). The molecule has 1 aliphatic heterocycles. The fourth-order valence-corrected chi connectivity index (χ4v) is 3.54. The highest BCUT2D eigenvalue weighted by Gasteiger charge is 2.26. The second kappa shape index (κ2) is 8.98. The molecule has 1 aromatic heterocycles. The van der Waals surface area contributed by atoms with Crippen molar-refractivity contribution in [3.05, 3.63) is 40.6 Å². The van der Waals surface area contributed by atoms with Crippen LogP contribution in [0.5, 0.6) is 0 Å². The summed E-state index contributed by atoms with van der Waals surface area (Å²) in [6.07, 6.45) is 1.70. The molecule has 2 aromatic rings. The highest BCUT2D eigenvalue weighted by molar-refractivity contribution is 9.10. The van der Waals surface area contributed by atoms with Crippen molar-refractivity contribution < 1.29 is 14.2 Å². The number of nitrogens with one attached hydrogen (secondary N) is 3. The standard InChI is InChI=1S/C17H24BrFN6O2/c1-27-17(20)22-10-4-3-7-25(9-10)14-11(19)5-2-6-12(14)23-16(26)15-21-8-13(18)24-15/h2,5-6,8,10,16-17,22-23,26H,3-4,7,9,20H2,1H3,(H,21,24)/t10-,16?,17?/m1/s1. The zero-order valence-electron chi connectivity index (χ0n) is 15.0. The zero-order valence-corrected chi connectivity index (χ0v) is 16.5. The first kappa shape index (κ1) is 20.0. The van der Waals surface area contributed by atoms with Crippen LogP contribution in [0.3, 0.4) is 0 Å². The summed E-state index contributed by atoms with van der Waals surface area (Å²) in [6, 6.07) is 4.82. The van der Waals surface area contributed by atoms with Crippen LogP contribution in [-0.4, -0.2) is 47.7 Å². The molecule has 6 N–H and O–H groups in total. The van der Waals surface area contributed by atoms with E-state index in [-0.39, 0.29) is 11.9 Å². The number of para-hydroxylation sites is 1. The molecule has 1 aliphatic rings. The second-order valence-corrected chi connectivity index (χ2v) is 7.26. The number of aliphatic hydroxyl groups is 1. The van der Waals surface area contributed by atoms with Gasteiger partial charge in [0.25, 0.3) is 0 Å². The van der Waals surface area contributed by atoms with Gasteiger partial charge in [-0.2, -0.15) is 0 Å². The lowest BCUT2D eigenvalue weighted by atomic mass is 10.0. The van der Waals surface area contributed by atoms with E-state index in [4.69, 9.17) is 10.5 Å². The maximum atomic E-state index is 14.7. The number of benzene rings is 1. The molecule has 148 valence electrons. The molecule has 0 bridgehead atoms. The molecule has 0 amide bonds. The minimum atomic E-state index is -1.10. The Bertz CT molecular complexity index is 761. The number of halogens is 2. The van der Waals surface area contributed by atoms with Gasteiger partial charge in [0, 0.05) is 26.2 Å². The van der Waals surface area contributed by atoms with E-state index in [1.54, 1.807) is 18.3 Å². The van der Waals surface area contributed by atoms with Crippen molar-refractivity contribution in [2.45, 2.75) is 31.5 Å². The predicted molar refractivity (Wildman–Crippen MR) is 105 cm³/mol. The Morgan fingerprint density at radius 1 is 1.52 bits per heavy atom. The first-order chi connectivity index (χ1) is 13.0. The van der Waals surface area contributed by atoms with Gasteiger partial charge in [0.1, 0.15) is 10.4 Å². The van der Waals surface area contributed by atoms with Crippen LogP contribution in [0.2, 0.25) is 0 Å². The summed E-state index contributed by atoms with van der Waals surface area (Å²) in [7, 11) is 1.53. The number of nitrogens with zero attached hydrogens (tertiary/aromatic N) is 2. The maximum absolute atomic E-state index is 14.7. The average Bonchev–Trinajstić information content (AvgIpc) is 3.08. The minimum absolute atomic E-state index is 0.0760. The van der Waals surface area contributed by atoms with Crippen molar-refractivity contribution in [3.8, 4) is 0 Å². The third kappa shape index (κ3) is 4.96. The fourth-order valence-electron chi connectivity index (χ4n) is 3.24. The lowest BCUT2D eigenvalue weighted by molar-refractivity contribution is 0.0664. The van der Waals surface area contributed by atoms with Gasteiger partial charge in [-0.05, 0) is 40.9 Å². The molecule has 27 heavy (non-hydrogen) atoms. The Morgan fingerprint density at radius 3 is 3.04 bits per heavy atom. The quantitative estimate of drug-likeness (QED) is 0.416. The van der Waals surface area contributed by atoms with Gasteiger partial charge in [0.15, 0.2) is 18.4 Å². The average molecular weight is 443 g/mol. The van der Waals surface area contributed by atoms with Crippen LogP contribution in [0.4, 0.5) is 15.8 Å². The molecule has 10 heteroatoms. The van der Waals surface area contributed by atoms with Crippen molar-refractivity contribution in [1.82, 2.24) is 15.3 Å². The van der Waals surface area contributed by atoms with Gasteiger partial charge in [0.05, 0.1) is 17.6 Å². The van der Waals surface area contributed by atoms with Gasteiger partial charge >= 0.3 is 0 Å². The molecule has 1 saturated heterocycles. The van der Waals surface area contributed by atoms with E-state index in [1.807, 2.05) is 4.90 Å². The molecule has 0 aliphatic carbocycles. The van der Waals surface area contributed by atoms with E-state index >= 15 is 0 Å². The molecule has 2 heterocycles. The van der Waals surface area contributed by atoms with Gasteiger partial charge in [-0.1, -0.05) is 6.07 Å². The summed E-state index contributed by atoms with van der Waals surface area (Å²) in [5.41, 5.74) is 6.70. The second-order valence-electron chi connectivity index (χ2n) is 6.41. The SMILES string of the molecule is COC(N)N[C@@H]1CCCN(c2c(F)cccc2NC(O)c2ncc(Br)[nH]2)C1. The minimum Gasteiger partial charge on any atom is -0.367 e. The normalized spacial score (nSPS) is 19.7. The van der Waals surface area contributed by atoms with E-state index in [9.17, 15) is 9.50 Å². The number of ether oxygens (including phenoxy) is 1. The summed E-state index contributed by atoms with van der Waals surface area (Å²) in [6.45, 7) is 1.29. The molecule has 1 fully saturated rings. The lowest BCUT2D eigenvalue weighted by Crippen LogP contribution is -2.52. The number of aromatic nitrogens is 2. The highest BCUT2D eigenvalue weighted by Crippen LogP contribution is 2.33. The lowest BCUT2D eigenvalue weighted by Gasteiger charge is -2.37. The Kier molecular flexibility index (Phi) is 6.66. The van der Waals surface area contributed by atoms with Crippen LogP contribution < -0.4 is 21.3 Å². The van der Waals surface area contributed by atoms with Gasteiger partial charge in [-0.3, -0.25) is 11.1 Å². The van der Waals surface area contributed by atoms with Crippen LogP contribution in [-0.2, 0) is 4.74 Å². The smallest absolute Gasteiger partial charge is 0.184 e. The topological polar surface area (TPSA) is 111 Å². The molecule has 0 spiro atoms. The molecule has 1 aromatic carbocycles. The van der Waals surface area contributed by atoms with E-state index < -0.39 is 12.6 Å². The fraction of sp³-hybridized carbons (Fsp3) is 0.471. The van der Waals surface area contributed by atoms with Crippen LogP contribution in [0.1, 0.15) is 24.9 Å². The van der Waals surface area contributed by atoms with Gasteiger partial charge in [-0.15, -0.1) is 0 Å². The third-order valence-corrected chi connectivity index (χ3v) is 4.90. The van der Waals surface area contributed by atoms with Gasteiger partial charge in [-0.25, -0.2) is 9.37 Å². The number of hydrogen-bond acceptors (Lipinski definition) is 7. The summed E-state index contributed by atoms with van der Waals surface area (Å²) < 4.78 is 20.4. The maximum Gasteiger partial charge on any atom is 0.184 e. The number of nitrogens with two attached hydrogens (primary N) is 1. The van der Waals surface area contributed by atoms with E-state index in [0.29, 0.717) is 34.9 Å². The van der Waals surface area contributed by atoms with Crippen LogP contribution in [0.25, 0.3) is 0 Å². The summed E-state index contributed by atoms with van der Waals surface area (Å²) in [5, 5.41) is 16.5. The van der Waals surface area contributed by atoms with E-state index in [0.717, 1.165) is 12.8 Å². The number of aliphatic hydroxyl groups excluding tert-OH is 1. The molecule has 0 radical (unpaired) electrons.